The van der Waals surface area contributed by atoms with E-state index < -0.39 is 0 Å². The number of ether oxygens (including phenoxy) is 1. The topological polar surface area (TPSA) is 58.6 Å². The van der Waals surface area contributed by atoms with Crippen LogP contribution in [0.4, 0.5) is 5.69 Å². The van der Waals surface area contributed by atoms with Crippen LogP contribution in [-0.2, 0) is 9.53 Å². The zero-order chi connectivity index (χ0) is 15.4. The molecule has 2 aliphatic rings. The quantitative estimate of drug-likeness (QED) is 0.930. The fourth-order valence-electron chi connectivity index (χ4n) is 2.48. The van der Waals surface area contributed by atoms with E-state index in [1.54, 1.807) is 41.4 Å². The Balaban J connectivity index is 1.62. The van der Waals surface area contributed by atoms with Crippen LogP contribution >= 0.6 is 11.8 Å². The molecule has 0 atom stereocenters. The van der Waals surface area contributed by atoms with Gasteiger partial charge in [0.05, 0.1) is 6.61 Å². The van der Waals surface area contributed by atoms with Gasteiger partial charge < -0.3 is 15.0 Å². The Labute approximate surface area is 133 Å². The number of hydrogen-bond donors (Lipinski definition) is 1. The van der Waals surface area contributed by atoms with E-state index in [1.165, 1.54) is 0 Å². The number of nitrogens with zero attached hydrogens (tertiary/aromatic N) is 1. The Morgan fingerprint density at radius 3 is 2.50 bits per heavy atom. The van der Waals surface area contributed by atoms with Gasteiger partial charge >= 0.3 is 0 Å². The van der Waals surface area contributed by atoms with Gasteiger partial charge in [0, 0.05) is 35.5 Å². The van der Waals surface area contributed by atoms with Gasteiger partial charge in [-0.15, -0.1) is 11.8 Å². The number of hydrogen-bond acceptors (Lipinski definition) is 4. The van der Waals surface area contributed by atoms with Crippen LogP contribution in [0.3, 0.4) is 0 Å². The molecule has 1 fully saturated rings. The molecule has 2 aliphatic heterocycles. The summed E-state index contributed by atoms with van der Waals surface area (Å²) < 4.78 is 5.31. The summed E-state index contributed by atoms with van der Waals surface area (Å²) >= 11 is 1.56. The van der Waals surface area contributed by atoms with Gasteiger partial charge in [-0.05, 0) is 37.1 Å². The van der Waals surface area contributed by atoms with E-state index >= 15 is 0 Å². The van der Waals surface area contributed by atoms with Crippen molar-refractivity contribution in [2.45, 2.75) is 12.8 Å². The number of thioether (sulfide) groups is 1. The minimum Gasteiger partial charge on any atom is -0.487 e. The lowest BCUT2D eigenvalue weighted by molar-refractivity contribution is -0.116. The largest absolute Gasteiger partial charge is 0.487 e. The van der Waals surface area contributed by atoms with Crippen molar-refractivity contribution in [1.82, 2.24) is 4.90 Å². The Hall–Kier alpha value is -1.95. The predicted octanol–water partition coefficient (Wildman–Crippen LogP) is 2.47. The highest BCUT2D eigenvalue weighted by Gasteiger charge is 2.19. The fraction of sp³-hybridized carbons (Fsp3) is 0.375. The van der Waals surface area contributed by atoms with E-state index in [-0.39, 0.29) is 11.8 Å². The second-order valence-electron chi connectivity index (χ2n) is 5.23. The number of carbonyl (C=O) groups is 2. The molecule has 116 valence electrons. The molecule has 0 saturated carbocycles. The molecule has 2 amide bonds. The number of rotatable bonds is 3. The molecule has 3 rings (SSSR count). The van der Waals surface area contributed by atoms with Crippen molar-refractivity contribution in [3.63, 3.8) is 0 Å². The van der Waals surface area contributed by atoms with Crippen LogP contribution < -0.4 is 5.32 Å². The standard InChI is InChI=1S/C16H18N2O3S/c19-15(14-11-22-10-9-21-14)17-13-5-3-12(4-6-13)16(20)18-7-1-2-8-18/h3-6,11H,1-2,7-10H2,(H,17,19). The van der Waals surface area contributed by atoms with Crippen LogP contribution in [0, 0.1) is 0 Å². The normalized spacial score (nSPS) is 17.6. The number of amides is 2. The third-order valence-corrected chi connectivity index (χ3v) is 4.44. The van der Waals surface area contributed by atoms with Gasteiger partial charge in [-0.1, -0.05) is 0 Å². The molecule has 0 bridgehead atoms. The highest BCUT2D eigenvalue weighted by Crippen LogP contribution is 2.18. The van der Waals surface area contributed by atoms with Crippen LogP contribution in [0.15, 0.2) is 35.4 Å². The van der Waals surface area contributed by atoms with Crippen LogP contribution in [-0.4, -0.2) is 42.2 Å². The monoisotopic (exact) mass is 318 g/mol. The van der Waals surface area contributed by atoms with E-state index in [1.807, 2.05) is 4.90 Å². The Bertz CT molecular complexity index is 592. The molecule has 22 heavy (non-hydrogen) atoms. The Kier molecular flexibility index (Phi) is 4.68. The minimum atomic E-state index is -0.259. The molecular weight excluding hydrogens is 300 g/mol. The molecule has 0 aliphatic carbocycles. The molecule has 2 heterocycles. The third kappa shape index (κ3) is 3.44. The fourth-order valence-corrected chi connectivity index (χ4v) is 3.10. The zero-order valence-electron chi connectivity index (χ0n) is 12.2. The summed E-state index contributed by atoms with van der Waals surface area (Å²) in [6.45, 7) is 2.22. The SMILES string of the molecule is O=C(Nc1ccc(C(=O)N2CCCC2)cc1)C1=CSCCO1. The van der Waals surface area contributed by atoms with Crippen molar-refractivity contribution in [3.8, 4) is 0 Å². The van der Waals surface area contributed by atoms with E-state index in [9.17, 15) is 9.59 Å². The Morgan fingerprint density at radius 1 is 1.14 bits per heavy atom. The van der Waals surface area contributed by atoms with Gasteiger partial charge in [-0.25, -0.2) is 0 Å². The summed E-state index contributed by atoms with van der Waals surface area (Å²) in [5.74, 6) is 1.01. The van der Waals surface area contributed by atoms with Gasteiger partial charge in [0.2, 0.25) is 0 Å². The zero-order valence-corrected chi connectivity index (χ0v) is 13.0. The number of nitrogens with one attached hydrogen (secondary N) is 1. The molecule has 1 aromatic carbocycles. The maximum atomic E-state index is 12.2. The first-order chi connectivity index (χ1) is 10.7. The van der Waals surface area contributed by atoms with Crippen molar-refractivity contribution in [2.75, 3.05) is 30.8 Å². The first-order valence-electron chi connectivity index (χ1n) is 7.39. The number of anilines is 1. The molecule has 1 N–H and O–H groups in total. The first kappa shape index (κ1) is 15.0. The van der Waals surface area contributed by atoms with Crippen LogP contribution in [0.1, 0.15) is 23.2 Å². The highest BCUT2D eigenvalue weighted by atomic mass is 32.2. The average molecular weight is 318 g/mol. The number of carbonyl (C=O) groups excluding carboxylic acids is 2. The van der Waals surface area contributed by atoms with Crippen molar-refractivity contribution in [1.29, 1.82) is 0 Å². The van der Waals surface area contributed by atoms with E-state index in [2.05, 4.69) is 5.32 Å². The maximum absolute atomic E-state index is 12.2. The van der Waals surface area contributed by atoms with Gasteiger partial charge in [-0.2, -0.15) is 0 Å². The number of likely N-dealkylation sites (tertiary alicyclic amines) is 1. The maximum Gasteiger partial charge on any atom is 0.291 e. The van der Waals surface area contributed by atoms with E-state index in [0.717, 1.165) is 31.7 Å². The molecule has 1 aromatic rings. The van der Waals surface area contributed by atoms with Gasteiger partial charge in [0.25, 0.3) is 11.8 Å². The second-order valence-corrected chi connectivity index (χ2v) is 6.21. The van der Waals surface area contributed by atoms with Crippen molar-refractivity contribution in [2.24, 2.45) is 0 Å². The molecular formula is C16H18N2O3S. The van der Waals surface area contributed by atoms with Gasteiger partial charge in [0.15, 0.2) is 5.76 Å². The van der Waals surface area contributed by atoms with Gasteiger partial charge in [0.1, 0.15) is 0 Å². The molecule has 0 unspecified atom stereocenters. The highest BCUT2D eigenvalue weighted by molar-refractivity contribution is 8.02. The van der Waals surface area contributed by atoms with E-state index in [4.69, 9.17) is 4.74 Å². The lowest BCUT2D eigenvalue weighted by Gasteiger charge is -2.16. The molecule has 5 nitrogen and oxygen atoms in total. The summed E-state index contributed by atoms with van der Waals surface area (Å²) in [5, 5.41) is 4.50. The summed E-state index contributed by atoms with van der Waals surface area (Å²) in [4.78, 5) is 26.1. The number of benzene rings is 1. The minimum absolute atomic E-state index is 0.0603. The average Bonchev–Trinajstić information content (AvgIpc) is 3.10. The van der Waals surface area contributed by atoms with Crippen molar-refractivity contribution < 1.29 is 14.3 Å². The molecule has 0 spiro atoms. The summed E-state index contributed by atoms with van der Waals surface area (Å²) in [7, 11) is 0. The third-order valence-electron chi connectivity index (χ3n) is 3.66. The Morgan fingerprint density at radius 2 is 1.86 bits per heavy atom. The predicted molar refractivity (Wildman–Crippen MR) is 86.7 cm³/mol. The second kappa shape index (κ2) is 6.87. The summed E-state index contributed by atoms with van der Waals surface area (Å²) in [6, 6.07) is 7.00. The van der Waals surface area contributed by atoms with Crippen molar-refractivity contribution >= 4 is 29.3 Å². The molecule has 0 radical (unpaired) electrons. The summed E-state index contributed by atoms with van der Waals surface area (Å²) in [5.41, 5.74) is 1.31. The van der Waals surface area contributed by atoms with Crippen LogP contribution in [0.2, 0.25) is 0 Å². The smallest absolute Gasteiger partial charge is 0.291 e. The van der Waals surface area contributed by atoms with Crippen LogP contribution in [0.25, 0.3) is 0 Å². The van der Waals surface area contributed by atoms with Crippen LogP contribution in [0.5, 0.6) is 0 Å². The lowest BCUT2D eigenvalue weighted by atomic mass is 10.2. The molecule has 1 saturated heterocycles. The van der Waals surface area contributed by atoms with Crippen molar-refractivity contribution in [3.05, 3.63) is 41.0 Å². The van der Waals surface area contributed by atoms with E-state index in [0.29, 0.717) is 23.6 Å². The first-order valence-corrected chi connectivity index (χ1v) is 8.44. The lowest BCUT2D eigenvalue weighted by Crippen LogP contribution is -2.27. The summed E-state index contributed by atoms with van der Waals surface area (Å²) in [6.07, 6.45) is 2.15. The molecule has 6 heteroatoms. The molecule has 0 aromatic heterocycles. The van der Waals surface area contributed by atoms with Gasteiger partial charge in [-0.3, -0.25) is 9.59 Å².